The van der Waals surface area contributed by atoms with Gasteiger partial charge in [-0.05, 0) is 32.3 Å². The molecule has 0 N–H and O–H groups in total. The number of ketones is 1. The molecule has 0 radical (unpaired) electrons. The van der Waals surface area contributed by atoms with E-state index in [1.807, 2.05) is 0 Å². The minimum Gasteiger partial charge on any atom is -0.300 e. The van der Waals surface area contributed by atoms with Crippen LogP contribution in [0.4, 0.5) is 0 Å². The molecule has 60 valence electrons. The third kappa shape index (κ3) is 2.34. The van der Waals surface area contributed by atoms with E-state index in [0.717, 1.165) is 12.8 Å². The van der Waals surface area contributed by atoms with E-state index in [1.54, 1.807) is 6.92 Å². The smallest absolute Gasteiger partial charge is 0.134 e. The molecule has 0 saturated carbocycles. The van der Waals surface area contributed by atoms with Crippen LogP contribution < -0.4 is 0 Å². The maximum Gasteiger partial charge on any atom is 0.134 e. The van der Waals surface area contributed by atoms with E-state index in [1.165, 1.54) is 11.1 Å². The Labute approximate surface area is 67.8 Å². The van der Waals surface area contributed by atoms with Crippen LogP contribution in [0.2, 0.25) is 0 Å². The summed E-state index contributed by atoms with van der Waals surface area (Å²) in [6.07, 6.45) is 7.10. The number of Topliss-reactive ketones (excluding diaryl/α,β-unsaturated/α-hetero) is 1. The summed E-state index contributed by atoms with van der Waals surface area (Å²) in [6, 6.07) is 0. The van der Waals surface area contributed by atoms with Gasteiger partial charge < -0.3 is 0 Å². The van der Waals surface area contributed by atoms with Crippen molar-refractivity contribution in [2.45, 2.75) is 33.1 Å². The fraction of sp³-hybridized carbons (Fsp3) is 0.500. The van der Waals surface area contributed by atoms with Crippen molar-refractivity contribution in [2.24, 2.45) is 0 Å². The standard InChI is InChI=1S/C10H14O/c1-8-5-3-4-6-10(8)7-9(2)11/h4,6H,3,5,7H2,1-2H3. The maximum absolute atomic E-state index is 10.8. The van der Waals surface area contributed by atoms with Crippen molar-refractivity contribution in [3.63, 3.8) is 0 Å². The van der Waals surface area contributed by atoms with Crippen molar-refractivity contribution in [3.8, 4) is 0 Å². The van der Waals surface area contributed by atoms with E-state index in [-0.39, 0.29) is 5.78 Å². The highest BCUT2D eigenvalue weighted by molar-refractivity contribution is 5.79. The van der Waals surface area contributed by atoms with Gasteiger partial charge in [-0.15, -0.1) is 0 Å². The summed E-state index contributed by atoms with van der Waals surface area (Å²) in [5.74, 6) is 0.255. The zero-order valence-electron chi connectivity index (χ0n) is 7.18. The minimum absolute atomic E-state index is 0.255. The molecule has 0 aromatic carbocycles. The number of hydrogen-bond donors (Lipinski definition) is 0. The lowest BCUT2D eigenvalue weighted by molar-refractivity contribution is -0.116. The van der Waals surface area contributed by atoms with E-state index in [0.29, 0.717) is 6.42 Å². The van der Waals surface area contributed by atoms with E-state index in [4.69, 9.17) is 0 Å². The van der Waals surface area contributed by atoms with Gasteiger partial charge in [0, 0.05) is 6.42 Å². The highest BCUT2D eigenvalue weighted by Crippen LogP contribution is 2.20. The van der Waals surface area contributed by atoms with Gasteiger partial charge in [-0.25, -0.2) is 0 Å². The second kappa shape index (κ2) is 3.51. The predicted molar refractivity (Wildman–Crippen MR) is 46.4 cm³/mol. The lowest BCUT2D eigenvalue weighted by Crippen LogP contribution is -1.97. The minimum atomic E-state index is 0.255. The van der Waals surface area contributed by atoms with Crippen LogP contribution >= 0.6 is 0 Å². The molecule has 1 rings (SSSR count). The molecule has 0 aromatic rings. The molecule has 0 heterocycles. The van der Waals surface area contributed by atoms with Gasteiger partial charge in [0.15, 0.2) is 0 Å². The normalized spacial score (nSPS) is 17.3. The predicted octanol–water partition coefficient (Wildman–Crippen LogP) is 2.63. The summed E-state index contributed by atoms with van der Waals surface area (Å²) < 4.78 is 0. The largest absolute Gasteiger partial charge is 0.300 e. The van der Waals surface area contributed by atoms with Crippen molar-refractivity contribution >= 4 is 5.78 Å². The van der Waals surface area contributed by atoms with Gasteiger partial charge in [0.25, 0.3) is 0 Å². The molecule has 0 fully saturated rings. The summed E-state index contributed by atoms with van der Waals surface area (Å²) in [5, 5.41) is 0. The molecule has 0 amide bonds. The van der Waals surface area contributed by atoms with Crippen molar-refractivity contribution in [2.75, 3.05) is 0 Å². The average molecular weight is 150 g/mol. The number of rotatable bonds is 2. The molecule has 0 saturated heterocycles. The Bertz CT molecular complexity index is 221. The number of carbonyl (C=O) groups is 1. The molecular weight excluding hydrogens is 136 g/mol. The average Bonchev–Trinajstić information content (AvgIpc) is 1.93. The molecule has 1 aliphatic rings. The Morgan fingerprint density at radius 1 is 1.64 bits per heavy atom. The molecule has 1 aliphatic carbocycles. The summed E-state index contributed by atoms with van der Waals surface area (Å²) in [7, 11) is 0. The fourth-order valence-corrected chi connectivity index (χ4v) is 1.31. The van der Waals surface area contributed by atoms with Crippen LogP contribution in [0.25, 0.3) is 0 Å². The van der Waals surface area contributed by atoms with Gasteiger partial charge in [0.2, 0.25) is 0 Å². The Hall–Kier alpha value is -0.850. The Morgan fingerprint density at radius 2 is 2.36 bits per heavy atom. The van der Waals surface area contributed by atoms with Crippen LogP contribution in [-0.4, -0.2) is 5.78 Å². The summed E-state index contributed by atoms with van der Waals surface area (Å²) in [6.45, 7) is 3.75. The van der Waals surface area contributed by atoms with Crippen LogP contribution in [0.15, 0.2) is 23.3 Å². The maximum atomic E-state index is 10.8. The molecule has 0 aromatic heterocycles. The first kappa shape index (κ1) is 8.25. The van der Waals surface area contributed by atoms with Crippen LogP contribution in [0.5, 0.6) is 0 Å². The lowest BCUT2D eigenvalue weighted by Gasteiger charge is -2.10. The van der Waals surface area contributed by atoms with E-state index in [2.05, 4.69) is 19.1 Å². The lowest BCUT2D eigenvalue weighted by atomic mass is 9.96. The van der Waals surface area contributed by atoms with Crippen LogP contribution in [0.3, 0.4) is 0 Å². The Morgan fingerprint density at radius 3 is 2.91 bits per heavy atom. The van der Waals surface area contributed by atoms with E-state index >= 15 is 0 Å². The van der Waals surface area contributed by atoms with Crippen molar-refractivity contribution < 1.29 is 4.79 Å². The number of hydrogen-bond acceptors (Lipinski definition) is 1. The zero-order chi connectivity index (χ0) is 8.27. The zero-order valence-corrected chi connectivity index (χ0v) is 7.18. The Balaban J connectivity index is 2.68. The van der Waals surface area contributed by atoms with Crippen LogP contribution in [0, 0.1) is 0 Å². The molecule has 0 bridgehead atoms. The Kier molecular flexibility index (Phi) is 2.64. The molecule has 1 nitrogen and oxygen atoms in total. The summed E-state index contributed by atoms with van der Waals surface area (Å²) >= 11 is 0. The first-order valence-corrected chi connectivity index (χ1v) is 4.05. The molecule has 0 spiro atoms. The molecular formula is C10H14O. The number of allylic oxidation sites excluding steroid dienone is 4. The molecule has 1 heteroatoms. The fourth-order valence-electron chi connectivity index (χ4n) is 1.31. The SMILES string of the molecule is CC(=O)CC1=C(C)CCC=C1. The summed E-state index contributed by atoms with van der Waals surface area (Å²) in [4.78, 5) is 10.8. The first-order valence-electron chi connectivity index (χ1n) is 4.05. The van der Waals surface area contributed by atoms with Crippen LogP contribution in [-0.2, 0) is 4.79 Å². The van der Waals surface area contributed by atoms with E-state index in [9.17, 15) is 4.79 Å². The second-order valence-electron chi connectivity index (χ2n) is 3.13. The summed E-state index contributed by atoms with van der Waals surface area (Å²) in [5.41, 5.74) is 2.60. The third-order valence-electron chi connectivity index (χ3n) is 1.99. The van der Waals surface area contributed by atoms with Crippen molar-refractivity contribution in [1.82, 2.24) is 0 Å². The van der Waals surface area contributed by atoms with Gasteiger partial charge in [-0.1, -0.05) is 17.7 Å². The highest BCUT2D eigenvalue weighted by atomic mass is 16.1. The van der Waals surface area contributed by atoms with Crippen LogP contribution in [0.1, 0.15) is 33.1 Å². The molecule has 11 heavy (non-hydrogen) atoms. The second-order valence-corrected chi connectivity index (χ2v) is 3.13. The quantitative estimate of drug-likeness (QED) is 0.591. The van der Waals surface area contributed by atoms with Crippen molar-refractivity contribution in [1.29, 1.82) is 0 Å². The van der Waals surface area contributed by atoms with Gasteiger partial charge in [0.05, 0.1) is 0 Å². The van der Waals surface area contributed by atoms with Gasteiger partial charge >= 0.3 is 0 Å². The highest BCUT2D eigenvalue weighted by Gasteiger charge is 2.05. The topological polar surface area (TPSA) is 17.1 Å². The molecule has 0 aliphatic heterocycles. The van der Waals surface area contributed by atoms with Crippen molar-refractivity contribution in [3.05, 3.63) is 23.3 Å². The van der Waals surface area contributed by atoms with Gasteiger partial charge in [-0.3, -0.25) is 4.79 Å². The number of carbonyl (C=O) groups excluding carboxylic acids is 1. The van der Waals surface area contributed by atoms with E-state index < -0.39 is 0 Å². The molecule has 0 atom stereocenters. The first-order chi connectivity index (χ1) is 5.20. The third-order valence-corrected chi connectivity index (χ3v) is 1.99. The molecule has 0 unspecified atom stereocenters. The van der Waals surface area contributed by atoms with Gasteiger partial charge in [0.1, 0.15) is 5.78 Å². The van der Waals surface area contributed by atoms with Gasteiger partial charge in [-0.2, -0.15) is 0 Å². The monoisotopic (exact) mass is 150 g/mol.